The molecule has 0 saturated carbocycles. The van der Waals surface area contributed by atoms with Crippen LogP contribution < -0.4 is 15.0 Å². The maximum absolute atomic E-state index is 13.3. The van der Waals surface area contributed by atoms with E-state index < -0.39 is 0 Å². The molecule has 0 spiro atoms. The molecule has 1 amide bonds. The lowest BCUT2D eigenvalue weighted by Crippen LogP contribution is -2.36. The molecule has 0 fully saturated rings. The summed E-state index contributed by atoms with van der Waals surface area (Å²) in [5.74, 6) is 0.827. The molecule has 4 aromatic rings. The Morgan fingerprint density at radius 2 is 1.91 bits per heavy atom. The number of thiophene rings is 1. The van der Waals surface area contributed by atoms with Crippen molar-refractivity contribution in [2.75, 3.05) is 19.8 Å². The Bertz CT molecular complexity index is 1410. The lowest BCUT2D eigenvalue weighted by atomic mass is 10.1. The van der Waals surface area contributed by atoms with Crippen molar-refractivity contribution in [3.63, 3.8) is 0 Å². The minimum atomic E-state index is -0.345. The number of likely N-dealkylation sites (N-methyl/N-ethyl adjacent to an activating group) is 1. The van der Waals surface area contributed by atoms with Crippen LogP contribution in [0, 0.1) is 5.82 Å². The Kier molecular flexibility index (Phi) is 6.02. The lowest BCUT2D eigenvalue weighted by Gasteiger charge is -2.23. The van der Waals surface area contributed by atoms with Crippen molar-refractivity contribution in [2.45, 2.75) is 20.0 Å². The molecule has 2 aromatic carbocycles. The van der Waals surface area contributed by atoms with Gasteiger partial charge in [-0.3, -0.25) is 14.2 Å². The number of halogens is 1. The summed E-state index contributed by atoms with van der Waals surface area (Å²) in [4.78, 5) is 33.0. The first kappa shape index (κ1) is 22.1. The number of benzene rings is 2. The number of carbonyl (C=O) groups is 1. The second-order valence-electron chi connectivity index (χ2n) is 7.90. The molecular formula is C25H22FN3O4S. The Labute approximate surface area is 199 Å². The number of hydrogen-bond acceptors (Lipinski definition) is 6. The first-order chi connectivity index (χ1) is 16.5. The first-order valence-corrected chi connectivity index (χ1v) is 11.8. The van der Waals surface area contributed by atoms with Crippen molar-refractivity contribution in [1.29, 1.82) is 0 Å². The van der Waals surface area contributed by atoms with Gasteiger partial charge in [0, 0.05) is 24.0 Å². The van der Waals surface area contributed by atoms with Crippen molar-refractivity contribution in [3.05, 3.63) is 75.9 Å². The fraction of sp³-hybridized carbons (Fsp3) is 0.240. The number of hydrogen-bond donors (Lipinski definition) is 0. The van der Waals surface area contributed by atoms with Crippen molar-refractivity contribution in [1.82, 2.24) is 14.5 Å². The van der Waals surface area contributed by atoms with E-state index in [0.717, 1.165) is 11.1 Å². The summed E-state index contributed by atoms with van der Waals surface area (Å²) >= 11 is 1.34. The van der Waals surface area contributed by atoms with Crippen LogP contribution >= 0.6 is 11.3 Å². The molecule has 34 heavy (non-hydrogen) atoms. The van der Waals surface area contributed by atoms with Crippen LogP contribution in [0.25, 0.3) is 21.3 Å². The number of nitrogens with zero attached hydrogens (tertiary/aromatic N) is 3. The molecule has 0 bridgehead atoms. The molecule has 0 saturated heterocycles. The van der Waals surface area contributed by atoms with Crippen molar-refractivity contribution in [2.24, 2.45) is 0 Å². The maximum atomic E-state index is 13.3. The standard InChI is InChI=1S/C25H22FN3O4S/c1-2-28(12-16-3-8-20-21(11-16)33-10-9-32-20)22(30)13-29-15-27-24-23(25(29)31)19(14-34-24)17-4-6-18(26)7-5-17/h3-8,11,14-15H,2,9-10,12-13H2,1H3. The van der Waals surface area contributed by atoms with Crippen LogP contribution in [0.3, 0.4) is 0 Å². The maximum Gasteiger partial charge on any atom is 0.263 e. The number of carbonyl (C=O) groups excluding carboxylic acids is 1. The molecule has 0 radical (unpaired) electrons. The molecule has 0 N–H and O–H groups in total. The quantitative estimate of drug-likeness (QED) is 0.417. The van der Waals surface area contributed by atoms with E-state index in [1.165, 1.54) is 34.4 Å². The summed E-state index contributed by atoms with van der Waals surface area (Å²) in [6.45, 7) is 3.65. The van der Waals surface area contributed by atoms with Crippen LogP contribution in [-0.4, -0.2) is 40.1 Å². The van der Waals surface area contributed by atoms with E-state index in [9.17, 15) is 14.0 Å². The monoisotopic (exact) mass is 479 g/mol. The van der Waals surface area contributed by atoms with Gasteiger partial charge in [-0.25, -0.2) is 9.37 Å². The van der Waals surface area contributed by atoms with Gasteiger partial charge in [-0.15, -0.1) is 11.3 Å². The van der Waals surface area contributed by atoms with E-state index in [2.05, 4.69) is 4.98 Å². The minimum Gasteiger partial charge on any atom is -0.486 e. The van der Waals surface area contributed by atoms with Crippen molar-refractivity contribution < 1.29 is 18.7 Å². The number of ether oxygens (including phenoxy) is 2. The molecule has 174 valence electrons. The van der Waals surface area contributed by atoms with E-state index in [-0.39, 0.29) is 23.8 Å². The summed E-state index contributed by atoms with van der Waals surface area (Å²) in [7, 11) is 0. The highest BCUT2D eigenvalue weighted by Crippen LogP contribution is 2.32. The summed E-state index contributed by atoms with van der Waals surface area (Å²) in [6, 6.07) is 11.6. The molecule has 9 heteroatoms. The molecule has 5 rings (SSSR count). The van der Waals surface area contributed by atoms with Gasteiger partial charge in [-0.1, -0.05) is 18.2 Å². The van der Waals surface area contributed by atoms with E-state index in [0.29, 0.717) is 53.6 Å². The molecule has 0 aliphatic carbocycles. The Hall–Kier alpha value is -3.72. The van der Waals surface area contributed by atoms with Gasteiger partial charge in [-0.05, 0) is 42.3 Å². The zero-order valence-corrected chi connectivity index (χ0v) is 19.3. The fourth-order valence-electron chi connectivity index (χ4n) is 3.95. The highest BCUT2D eigenvalue weighted by atomic mass is 32.1. The van der Waals surface area contributed by atoms with Crippen molar-refractivity contribution in [3.8, 4) is 22.6 Å². The van der Waals surface area contributed by atoms with E-state index in [1.54, 1.807) is 17.0 Å². The van der Waals surface area contributed by atoms with E-state index >= 15 is 0 Å². The largest absolute Gasteiger partial charge is 0.486 e. The molecule has 3 heterocycles. The van der Waals surface area contributed by atoms with Crippen LogP contribution in [0.2, 0.25) is 0 Å². The average molecular weight is 480 g/mol. The predicted molar refractivity (Wildman–Crippen MR) is 128 cm³/mol. The molecule has 1 aliphatic heterocycles. The smallest absolute Gasteiger partial charge is 0.263 e. The van der Waals surface area contributed by atoms with Crippen LogP contribution in [-0.2, 0) is 17.9 Å². The van der Waals surface area contributed by atoms with E-state index in [1.807, 2.05) is 30.5 Å². The molecule has 0 unspecified atom stereocenters. The zero-order valence-electron chi connectivity index (χ0n) is 18.5. The van der Waals surface area contributed by atoms with Gasteiger partial charge in [-0.2, -0.15) is 0 Å². The minimum absolute atomic E-state index is 0.126. The van der Waals surface area contributed by atoms with Gasteiger partial charge in [0.1, 0.15) is 30.4 Å². The highest BCUT2D eigenvalue weighted by molar-refractivity contribution is 7.17. The Balaban J connectivity index is 1.39. The number of fused-ring (bicyclic) bond motifs is 2. The zero-order chi connectivity index (χ0) is 23.7. The average Bonchev–Trinajstić information content (AvgIpc) is 3.29. The Morgan fingerprint density at radius 1 is 1.15 bits per heavy atom. The first-order valence-electron chi connectivity index (χ1n) is 10.9. The molecule has 7 nitrogen and oxygen atoms in total. The van der Waals surface area contributed by atoms with Gasteiger partial charge in [0.2, 0.25) is 5.91 Å². The van der Waals surface area contributed by atoms with Gasteiger partial charge in [0.15, 0.2) is 11.5 Å². The van der Waals surface area contributed by atoms with Gasteiger partial charge < -0.3 is 14.4 Å². The SMILES string of the molecule is CCN(Cc1ccc2c(c1)OCCO2)C(=O)Cn1cnc2scc(-c3ccc(F)cc3)c2c1=O. The fourth-order valence-corrected chi connectivity index (χ4v) is 4.86. The molecular weight excluding hydrogens is 457 g/mol. The second-order valence-corrected chi connectivity index (χ2v) is 8.76. The normalized spacial score (nSPS) is 12.6. The van der Waals surface area contributed by atoms with Crippen LogP contribution in [0.5, 0.6) is 11.5 Å². The van der Waals surface area contributed by atoms with Gasteiger partial charge in [0.05, 0.1) is 11.7 Å². The summed E-state index contributed by atoms with van der Waals surface area (Å²) < 4.78 is 25.9. The molecule has 0 atom stereocenters. The van der Waals surface area contributed by atoms with Crippen LogP contribution in [0.4, 0.5) is 4.39 Å². The van der Waals surface area contributed by atoms with Gasteiger partial charge >= 0.3 is 0 Å². The third kappa shape index (κ3) is 4.26. The van der Waals surface area contributed by atoms with Crippen LogP contribution in [0.15, 0.2) is 59.0 Å². The van der Waals surface area contributed by atoms with Crippen molar-refractivity contribution >= 4 is 27.5 Å². The Morgan fingerprint density at radius 3 is 2.68 bits per heavy atom. The molecule has 1 aliphatic rings. The molecule has 2 aromatic heterocycles. The van der Waals surface area contributed by atoms with Crippen LogP contribution in [0.1, 0.15) is 12.5 Å². The topological polar surface area (TPSA) is 73.7 Å². The van der Waals surface area contributed by atoms with Gasteiger partial charge in [0.25, 0.3) is 5.56 Å². The second kappa shape index (κ2) is 9.26. The highest BCUT2D eigenvalue weighted by Gasteiger charge is 2.19. The number of aromatic nitrogens is 2. The summed E-state index contributed by atoms with van der Waals surface area (Å²) in [5.41, 5.74) is 2.03. The third-order valence-electron chi connectivity index (χ3n) is 5.74. The predicted octanol–water partition coefficient (Wildman–Crippen LogP) is 4.08. The third-order valence-corrected chi connectivity index (χ3v) is 6.62. The number of rotatable bonds is 6. The summed E-state index contributed by atoms with van der Waals surface area (Å²) in [5, 5.41) is 2.26. The number of amides is 1. The lowest BCUT2D eigenvalue weighted by molar-refractivity contribution is -0.132. The summed E-state index contributed by atoms with van der Waals surface area (Å²) in [6.07, 6.45) is 1.41. The van der Waals surface area contributed by atoms with E-state index in [4.69, 9.17) is 9.47 Å².